The van der Waals surface area contributed by atoms with Crippen LogP contribution in [0.1, 0.15) is 38.8 Å². The largest absolute Gasteiger partial charge is 0.490 e. The third-order valence-corrected chi connectivity index (χ3v) is 4.69. The molecule has 7 heteroatoms. The van der Waals surface area contributed by atoms with Crippen molar-refractivity contribution in [2.45, 2.75) is 26.8 Å². The van der Waals surface area contributed by atoms with Gasteiger partial charge >= 0.3 is 5.69 Å². The SMILES string of the molecule is COc1ccc(C(=O)N(C)C(C)C(=O)c2ccc(C)c(C)c2)cc1[N+](=O)[O-]. The van der Waals surface area contributed by atoms with Crippen molar-refractivity contribution in [1.29, 1.82) is 0 Å². The van der Waals surface area contributed by atoms with Crippen LogP contribution in [0.25, 0.3) is 0 Å². The van der Waals surface area contributed by atoms with Crippen LogP contribution in [0.2, 0.25) is 0 Å². The van der Waals surface area contributed by atoms with Gasteiger partial charge in [0.2, 0.25) is 0 Å². The molecule has 27 heavy (non-hydrogen) atoms. The molecule has 1 atom stereocenters. The number of carbonyl (C=O) groups excluding carboxylic acids is 2. The number of methoxy groups -OCH3 is 1. The highest BCUT2D eigenvalue weighted by Gasteiger charge is 2.26. The van der Waals surface area contributed by atoms with Crippen molar-refractivity contribution in [3.05, 3.63) is 68.8 Å². The quantitative estimate of drug-likeness (QED) is 0.440. The fourth-order valence-electron chi connectivity index (χ4n) is 2.66. The minimum Gasteiger partial charge on any atom is -0.490 e. The Bertz CT molecular complexity index is 907. The van der Waals surface area contributed by atoms with E-state index in [1.54, 1.807) is 19.1 Å². The summed E-state index contributed by atoms with van der Waals surface area (Å²) < 4.78 is 4.95. The lowest BCUT2D eigenvalue weighted by atomic mass is 9.99. The Kier molecular flexibility index (Phi) is 5.95. The standard InChI is InChI=1S/C20H22N2O5/c1-12-6-7-15(10-13(12)2)19(23)14(3)21(4)20(24)16-8-9-18(27-5)17(11-16)22(25)26/h6-11,14H,1-5H3. The molecule has 2 aromatic carbocycles. The Labute approximate surface area is 157 Å². The lowest BCUT2D eigenvalue weighted by molar-refractivity contribution is -0.385. The Morgan fingerprint density at radius 1 is 1.07 bits per heavy atom. The molecule has 0 fully saturated rings. The molecule has 0 bridgehead atoms. The van der Waals surface area contributed by atoms with Crippen LogP contribution in [0, 0.1) is 24.0 Å². The zero-order valence-electron chi connectivity index (χ0n) is 16.0. The molecule has 0 radical (unpaired) electrons. The summed E-state index contributed by atoms with van der Waals surface area (Å²) in [6.07, 6.45) is 0. The molecule has 0 N–H and O–H groups in total. The molecule has 7 nitrogen and oxygen atoms in total. The van der Waals surface area contributed by atoms with Crippen molar-refractivity contribution in [3.63, 3.8) is 0 Å². The van der Waals surface area contributed by atoms with Crippen LogP contribution < -0.4 is 4.74 Å². The molecule has 0 spiro atoms. The second-order valence-electron chi connectivity index (χ2n) is 6.40. The van der Waals surface area contributed by atoms with Crippen LogP contribution in [0.4, 0.5) is 5.69 Å². The van der Waals surface area contributed by atoms with Crippen LogP contribution >= 0.6 is 0 Å². The highest BCUT2D eigenvalue weighted by atomic mass is 16.6. The number of likely N-dealkylation sites (N-methyl/N-ethyl adjacent to an activating group) is 1. The van der Waals surface area contributed by atoms with Crippen LogP contribution in [0.15, 0.2) is 36.4 Å². The Hall–Kier alpha value is -3.22. The summed E-state index contributed by atoms with van der Waals surface area (Å²) in [5.41, 5.74) is 2.41. The average Bonchev–Trinajstić information content (AvgIpc) is 2.67. The van der Waals surface area contributed by atoms with Gasteiger partial charge in [-0.25, -0.2) is 0 Å². The smallest absolute Gasteiger partial charge is 0.311 e. The van der Waals surface area contributed by atoms with Gasteiger partial charge in [-0.3, -0.25) is 19.7 Å². The number of nitro benzene ring substituents is 1. The number of ketones is 1. The first kappa shape index (κ1) is 20.1. The van der Waals surface area contributed by atoms with Crippen LogP contribution in [-0.2, 0) is 0 Å². The van der Waals surface area contributed by atoms with Gasteiger partial charge in [0.05, 0.1) is 18.1 Å². The Morgan fingerprint density at radius 2 is 1.70 bits per heavy atom. The molecular formula is C20H22N2O5. The van der Waals surface area contributed by atoms with Crippen LogP contribution in [0.5, 0.6) is 5.75 Å². The number of hydrogen-bond donors (Lipinski definition) is 0. The lowest BCUT2D eigenvalue weighted by Crippen LogP contribution is -2.40. The number of ether oxygens (including phenoxy) is 1. The molecule has 0 saturated heterocycles. The molecule has 0 aromatic heterocycles. The topological polar surface area (TPSA) is 89.8 Å². The normalized spacial score (nSPS) is 11.6. The fourth-order valence-corrected chi connectivity index (χ4v) is 2.66. The second kappa shape index (κ2) is 7.99. The molecule has 0 aliphatic rings. The van der Waals surface area contributed by atoms with Crippen LogP contribution in [-0.4, -0.2) is 41.7 Å². The molecule has 2 rings (SSSR count). The van der Waals surface area contributed by atoms with Gasteiger partial charge in [0, 0.05) is 24.2 Å². The zero-order chi connectivity index (χ0) is 20.3. The van der Waals surface area contributed by atoms with Gasteiger partial charge in [0.1, 0.15) is 0 Å². The molecule has 0 aliphatic heterocycles. The predicted octanol–water partition coefficient (Wildman–Crippen LogP) is 3.56. The second-order valence-corrected chi connectivity index (χ2v) is 6.40. The van der Waals surface area contributed by atoms with E-state index >= 15 is 0 Å². The number of hydrogen-bond acceptors (Lipinski definition) is 5. The van der Waals surface area contributed by atoms with Crippen molar-refractivity contribution in [1.82, 2.24) is 4.90 Å². The molecule has 0 saturated carbocycles. The number of carbonyl (C=O) groups is 2. The number of nitro groups is 1. The number of benzene rings is 2. The first-order valence-corrected chi connectivity index (χ1v) is 8.38. The van der Waals surface area contributed by atoms with Crippen molar-refractivity contribution in [2.75, 3.05) is 14.2 Å². The van der Waals surface area contributed by atoms with Gasteiger partial charge in [-0.2, -0.15) is 0 Å². The summed E-state index contributed by atoms with van der Waals surface area (Å²) in [7, 11) is 2.82. The van der Waals surface area contributed by atoms with E-state index in [0.29, 0.717) is 5.56 Å². The average molecular weight is 370 g/mol. The highest BCUT2D eigenvalue weighted by molar-refractivity contribution is 6.04. The minimum absolute atomic E-state index is 0.0680. The van der Waals surface area contributed by atoms with Gasteiger partial charge in [-0.05, 0) is 50.1 Å². The number of rotatable bonds is 6. The maximum absolute atomic E-state index is 12.7. The molecule has 2 aromatic rings. The third kappa shape index (κ3) is 4.13. The van der Waals surface area contributed by atoms with Gasteiger partial charge in [0.15, 0.2) is 11.5 Å². The summed E-state index contributed by atoms with van der Waals surface area (Å²) >= 11 is 0. The third-order valence-electron chi connectivity index (χ3n) is 4.69. The molecular weight excluding hydrogens is 348 g/mol. The molecule has 0 aliphatic carbocycles. The summed E-state index contributed by atoms with van der Waals surface area (Å²) in [4.78, 5) is 37.3. The summed E-state index contributed by atoms with van der Waals surface area (Å²) in [5, 5.41) is 11.2. The summed E-state index contributed by atoms with van der Waals surface area (Å²) in [6.45, 7) is 5.51. The zero-order valence-corrected chi connectivity index (χ0v) is 16.0. The minimum atomic E-state index is -0.722. The first-order chi connectivity index (χ1) is 12.7. The monoisotopic (exact) mass is 370 g/mol. The maximum atomic E-state index is 12.7. The van der Waals surface area contributed by atoms with E-state index in [2.05, 4.69) is 0 Å². The molecule has 142 valence electrons. The Balaban J connectivity index is 2.28. The molecule has 0 heterocycles. The van der Waals surface area contributed by atoms with Gasteiger partial charge < -0.3 is 9.64 Å². The van der Waals surface area contributed by atoms with Gasteiger partial charge in [-0.1, -0.05) is 12.1 Å². The predicted molar refractivity (Wildman–Crippen MR) is 101 cm³/mol. The van der Waals surface area contributed by atoms with E-state index in [1.807, 2.05) is 19.9 Å². The van der Waals surface area contributed by atoms with E-state index in [4.69, 9.17) is 4.74 Å². The van der Waals surface area contributed by atoms with E-state index < -0.39 is 16.9 Å². The van der Waals surface area contributed by atoms with Crippen molar-refractivity contribution in [3.8, 4) is 5.75 Å². The number of aryl methyl sites for hydroxylation is 2. The number of nitrogens with zero attached hydrogens (tertiary/aromatic N) is 2. The van der Waals surface area contributed by atoms with E-state index in [0.717, 1.165) is 17.2 Å². The van der Waals surface area contributed by atoms with Crippen molar-refractivity contribution >= 4 is 17.4 Å². The van der Waals surface area contributed by atoms with Crippen molar-refractivity contribution < 1.29 is 19.2 Å². The lowest BCUT2D eigenvalue weighted by Gasteiger charge is -2.24. The summed E-state index contributed by atoms with van der Waals surface area (Å²) in [6, 6.07) is 8.64. The Morgan fingerprint density at radius 3 is 2.26 bits per heavy atom. The highest BCUT2D eigenvalue weighted by Crippen LogP contribution is 2.28. The fraction of sp³-hybridized carbons (Fsp3) is 0.300. The molecule has 1 amide bonds. The van der Waals surface area contributed by atoms with E-state index in [9.17, 15) is 19.7 Å². The molecule has 1 unspecified atom stereocenters. The van der Waals surface area contributed by atoms with Crippen molar-refractivity contribution in [2.24, 2.45) is 0 Å². The van der Waals surface area contributed by atoms with E-state index in [-0.39, 0.29) is 22.8 Å². The number of Topliss-reactive ketones (excluding diaryl/α,β-unsaturated/α-hetero) is 1. The number of amides is 1. The maximum Gasteiger partial charge on any atom is 0.311 e. The summed E-state index contributed by atoms with van der Waals surface area (Å²) in [5.74, 6) is -0.610. The van der Waals surface area contributed by atoms with Gasteiger partial charge in [-0.15, -0.1) is 0 Å². The van der Waals surface area contributed by atoms with Crippen LogP contribution in [0.3, 0.4) is 0 Å². The first-order valence-electron chi connectivity index (χ1n) is 8.38. The van der Waals surface area contributed by atoms with E-state index in [1.165, 1.54) is 31.2 Å². The van der Waals surface area contributed by atoms with Gasteiger partial charge in [0.25, 0.3) is 5.91 Å².